The van der Waals surface area contributed by atoms with Gasteiger partial charge in [0.05, 0.1) is 6.04 Å². The predicted octanol–water partition coefficient (Wildman–Crippen LogP) is 1.05. The van der Waals surface area contributed by atoms with Crippen molar-refractivity contribution in [3.63, 3.8) is 0 Å². The Bertz CT molecular complexity index is 447. The molecule has 1 unspecified atom stereocenters. The van der Waals surface area contributed by atoms with Gasteiger partial charge in [0, 0.05) is 25.8 Å². The van der Waals surface area contributed by atoms with E-state index in [2.05, 4.69) is 32.7 Å². The second-order valence-corrected chi connectivity index (χ2v) is 5.59. The quantitative estimate of drug-likeness (QED) is 0.861. The number of amides is 1. The van der Waals surface area contributed by atoms with Crippen molar-refractivity contribution in [1.82, 2.24) is 15.6 Å². The van der Waals surface area contributed by atoms with E-state index in [-0.39, 0.29) is 11.9 Å². The average molecular weight is 274 g/mol. The molecule has 1 aromatic rings. The number of carbonyl (C=O) groups excluding carboxylic acids is 1. The van der Waals surface area contributed by atoms with Crippen LogP contribution in [0.5, 0.6) is 0 Å². The minimum absolute atomic E-state index is 0.00756. The van der Waals surface area contributed by atoms with Gasteiger partial charge in [0.25, 0.3) is 0 Å². The van der Waals surface area contributed by atoms with E-state index in [1.54, 1.807) is 0 Å². The van der Waals surface area contributed by atoms with Crippen LogP contribution in [-0.2, 0) is 11.3 Å². The third-order valence-electron chi connectivity index (χ3n) is 4.08. The number of rotatable bonds is 4. The van der Waals surface area contributed by atoms with E-state index in [4.69, 9.17) is 0 Å². The van der Waals surface area contributed by atoms with Gasteiger partial charge in [-0.1, -0.05) is 6.07 Å². The van der Waals surface area contributed by atoms with Crippen molar-refractivity contribution in [1.29, 1.82) is 0 Å². The highest BCUT2D eigenvalue weighted by atomic mass is 16.2. The van der Waals surface area contributed by atoms with Crippen molar-refractivity contribution in [2.24, 2.45) is 0 Å². The average Bonchev–Trinajstić information content (AvgIpc) is 3.18. The van der Waals surface area contributed by atoms with Crippen LogP contribution < -0.4 is 15.5 Å². The fourth-order valence-electron chi connectivity index (χ4n) is 2.88. The van der Waals surface area contributed by atoms with Gasteiger partial charge in [0.1, 0.15) is 5.82 Å². The van der Waals surface area contributed by atoms with Crippen molar-refractivity contribution < 1.29 is 4.79 Å². The molecule has 0 spiro atoms. The van der Waals surface area contributed by atoms with E-state index >= 15 is 0 Å². The Morgan fingerprint density at radius 3 is 2.85 bits per heavy atom. The van der Waals surface area contributed by atoms with E-state index in [1.165, 1.54) is 12.8 Å². The Morgan fingerprint density at radius 1 is 1.35 bits per heavy atom. The van der Waals surface area contributed by atoms with Gasteiger partial charge < -0.3 is 15.5 Å². The van der Waals surface area contributed by atoms with Crippen molar-refractivity contribution in [3.05, 3.63) is 23.9 Å². The maximum Gasteiger partial charge on any atom is 0.237 e. The molecule has 0 aliphatic carbocycles. The number of hydrogen-bond acceptors (Lipinski definition) is 4. The van der Waals surface area contributed by atoms with Crippen molar-refractivity contribution in [3.8, 4) is 0 Å². The summed E-state index contributed by atoms with van der Waals surface area (Å²) in [7, 11) is 0. The molecule has 5 nitrogen and oxygen atoms in total. The molecular formula is C15H22N4O. The molecule has 2 fully saturated rings. The fraction of sp³-hybridized carbons (Fsp3) is 0.600. The first-order chi connectivity index (χ1) is 9.83. The lowest BCUT2D eigenvalue weighted by molar-refractivity contribution is -0.122. The zero-order valence-corrected chi connectivity index (χ0v) is 11.8. The van der Waals surface area contributed by atoms with Crippen LogP contribution in [0, 0.1) is 0 Å². The van der Waals surface area contributed by atoms with Crippen LogP contribution in [0.2, 0.25) is 0 Å². The van der Waals surface area contributed by atoms with E-state index in [0.29, 0.717) is 6.54 Å². The van der Waals surface area contributed by atoms with Crippen LogP contribution in [-0.4, -0.2) is 36.6 Å². The monoisotopic (exact) mass is 274 g/mol. The second kappa shape index (κ2) is 6.22. The number of pyridine rings is 1. The first-order valence-corrected chi connectivity index (χ1v) is 7.54. The highest BCUT2D eigenvalue weighted by Gasteiger charge is 2.21. The first-order valence-electron chi connectivity index (χ1n) is 7.54. The summed E-state index contributed by atoms with van der Waals surface area (Å²) in [5.74, 6) is 1.15. The Labute approximate surface area is 119 Å². The molecule has 2 aliphatic rings. The van der Waals surface area contributed by atoms with E-state index in [0.717, 1.165) is 43.9 Å². The summed E-state index contributed by atoms with van der Waals surface area (Å²) in [6, 6.07) is 4.11. The lowest BCUT2D eigenvalue weighted by Crippen LogP contribution is -2.40. The molecule has 3 rings (SSSR count). The van der Waals surface area contributed by atoms with Gasteiger partial charge in [-0.05, 0) is 43.9 Å². The molecule has 2 saturated heterocycles. The van der Waals surface area contributed by atoms with Gasteiger partial charge in [-0.3, -0.25) is 4.79 Å². The Balaban J connectivity index is 1.51. The number of carbonyl (C=O) groups is 1. The van der Waals surface area contributed by atoms with E-state index < -0.39 is 0 Å². The van der Waals surface area contributed by atoms with Crippen LogP contribution in [0.25, 0.3) is 0 Å². The van der Waals surface area contributed by atoms with Gasteiger partial charge in [0.2, 0.25) is 5.91 Å². The SMILES string of the molecule is O=C(NCc1ccc(N2CCCC2)nc1)C1CCCN1. The number of hydrogen-bond donors (Lipinski definition) is 2. The van der Waals surface area contributed by atoms with Gasteiger partial charge in [-0.2, -0.15) is 0 Å². The largest absolute Gasteiger partial charge is 0.357 e. The summed E-state index contributed by atoms with van der Waals surface area (Å²) in [6.07, 6.45) is 6.42. The molecule has 2 N–H and O–H groups in total. The molecule has 0 radical (unpaired) electrons. The van der Waals surface area contributed by atoms with Crippen LogP contribution in [0.4, 0.5) is 5.82 Å². The van der Waals surface area contributed by atoms with Crippen molar-refractivity contribution >= 4 is 11.7 Å². The standard InChI is InChI=1S/C15H22N4O/c20-15(13-4-3-7-16-13)18-11-12-5-6-14(17-10-12)19-8-1-2-9-19/h5-6,10,13,16H,1-4,7-9,11H2,(H,18,20). The summed E-state index contributed by atoms with van der Waals surface area (Å²) in [5, 5.41) is 6.18. The van der Waals surface area contributed by atoms with Gasteiger partial charge >= 0.3 is 0 Å². The lowest BCUT2D eigenvalue weighted by Gasteiger charge is -2.16. The summed E-state index contributed by atoms with van der Waals surface area (Å²) in [5.41, 5.74) is 1.05. The molecule has 2 aliphatic heterocycles. The molecule has 1 atom stereocenters. The zero-order valence-electron chi connectivity index (χ0n) is 11.8. The predicted molar refractivity (Wildman–Crippen MR) is 78.6 cm³/mol. The number of nitrogens with zero attached hydrogens (tertiary/aromatic N) is 2. The molecule has 1 amide bonds. The van der Waals surface area contributed by atoms with Crippen LogP contribution in [0.1, 0.15) is 31.2 Å². The second-order valence-electron chi connectivity index (χ2n) is 5.59. The van der Waals surface area contributed by atoms with Crippen LogP contribution in [0.3, 0.4) is 0 Å². The summed E-state index contributed by atoms with van der Waals surface area (Å²) >= 11 is 0. The number of aromatic nitrogens is 1. The Hall–Kier alpha value is -1.62. The molecule has 5 heteroatoms. The maximum atomic E-state index is 11.9. The summed E-state index contributed by atoms with van der Waals surface area (Å²) in [4.78, 5) is 18.7. The molecule has 0 aromatic carbocycles. The molecule has 1 aromatic heterocycles. The third-order valence-corrected chi connectivity index (χ3v) is 4.08. The number of nitrogens with one attached hydrogen (secondary N) is 2. The molecule has 0 saturated carbocycles. The molecular weight excluding hydrogens is 252 g/mol. The number of anilines is 1. The van der Waals surface area contributed by atoms with Gasteiger partial charge in [0.15, 0.2) is 0 Å². The highest BCUT2D eigenvalue weighted by Crippen LogP contribution is 2.17. The smallest absolute Gasteiger partial charge is 0.237 e. The summed E-state index contributed by atoms with van der Waals surface area (Å²) < 4.78 is 0. The zero-order chi connectivity index (χ0) is 13.8. The third kappa shape index (κ3) is 3.10. The highest BCUT2D eigenvalue weighted by molar-refractivity contribution is 5.81. The molecule has 20 heavy (non-hydrogen) atoms. The van der Waals surface area contributed by atoms with E-state index in [9.17, 15) is 4.79 Å². The normalized spacial score (nSPS) is 22.2. The maximum absolute atomic E-state index is 11.9. The molecule has 108 valence electrons. The van der Waals surface area contributed by atoms with Gasteiger partial charge in [-0.15, -0.1) is 0 Å². The molecule has 3 heterocycles. The fourth-order valence-corrected chi connectivity index (χ4v) is 2.88. The lowest BCUT2D eigenvalue weighted by atomic mass is 10.2. The van der Waals surface area contributed by atoms with E-state index in [1.807, 2.05) is 6.20 Å². The van der Waals surface area contributed by atoms with Crippen LogP contribution in [0.15, 0.2) is 18.3 Å². The topological polar surface area (TPSA) is 57.3 Å². The minimum Gasteiger partial charge on any atom is -0.357 e. The van der Waals surface area contributed by atoms with Crippen molar-refractivity contribution in [2.45, 2.75) is 38.3 Å². The van der Waals surface area contributed by atoms with Crippen molar-refractivity contribution in [2.75, 3.05) is 24.5 Å². The Kier molecular flexibility index (Phi) is 4.16. The molecule has 0 bridgehead atoms. The first kappa shape index (κ1) is 13.4. The summed E-state index contributed by atoms with van der Waals surface area (Å²) in [6.45, 7) is 3.72. The van der Waals surface area contributed by atoms with Gasteiger partial charge in [-0.25, -0.2) is 4.98 Å². The minimum atomic E-state index is -0.00756. The Morgan fingerprint density at radius 2 is 2.20 bits per heavy atom. The van der Waals surface area contributed by atoms with Crippen LogP contribution >= 0.6 is 0 Å².